The second-order valence-electron chi connectivity index (χ2n) is 4.18. The summed E-state index contributed by atoms with van der Waals surface area (Å²) < 4.78 is 5.10. The highest BCUT2D eigenvalue weighted by Crippen LogP contribution is 2.13. The van der Waals surface area contributed by atoms with Crippen LogP contribution in [0.3, 0.4) is 0 Å². The zero-order valence-corrected chi connectivity index (χ0v) is 9.85. The number of carbonyl (C=O) groups excluding carboxylic acids is 1. The van der Waals surface area contributed by atoms with Crippen LogP contribution in [0.4, 0.5) is 0 Å². The van der Waals surface area contributed by atoms with E-state index in [9.17, 15) is 9.59 Å². The molecule has 0 saturated carbocycles. The fraction of sp³-hybridized carbons (Fsp3) is 0.667. The van der Waals surface area contributed by atoms with Crippen LogP contribution in [0.1, 0.15) is 25.7 Å². The molecular formula is C12H19NO4. The van der Waals surface area contributed by atoms with E-state index in [4.69, 9.17) is 9.84 Å². The molecule has 0 aliphatic carbocycles. The van der Waals surface area contributed by atoms with Gasteiger partial charge < -0.3 is 15.2 Å². The van der Waals surface area contributed by atoms with Crippen molar-refractivity contribution >= 4 is 11.9 Å². The minimum Gasteiger partial charge on any atom is -0.480 e. The van der Waals surface area contributed by atoms with E-state index in [-0.39, 0.29) is 11.8 Å². The number of nitrogens with one attached hydrogen (secondary N) is 1. The lowest BCUT2D eigenvalue weighted by Crippen LogP contribution is -2.43. The predicted molar refractivity (Wildman–Crippen MR) is 62.5 cm³/mol. The van der Waals surface area contributed by atoms with Gasteiger partial charge in [0.1, 0.15) is 6.04 Å². The summed E-state index contributed by atoms with van der Waals surface area (Å²) in [6, 6.07) is -0.803. The third kappa shape index (κ3) is 4.56. The monoisotopic (exact) mass is 241 g/mol. The molecular weight excluding hydrogens is 222 g/mol. The van der Waals surface area contributed by atoms with Crippen LogP contribution >= 0.6 is 0 Å². The van der Waals surface area contributed by atoms with Crippen LogP contribution in [0.2, 0.25) is 0 Å². The minimum atomic E-state index is -0.985. The number of aliphatic carboxylic acids is 1. The second kappa shape index (κ2) is 7.06. The molecule has 1 rings (SSSR count). The highest BCUT2D eigenvalue weighted by atomic mass is 16.5. The van der Waals surface area contributed by atoms with Crippen molar-refractivity contribution in [3.63, 3.8) is 0 Å². The zero-order chi connectivity index (χ0) is 12.7. The number of carbonyl (C=O) groups is 2. The maximum Gasteiger partial charge on any atom is 0.326 e. The van der Waals surface area contributed by atoms with E-state index in [1.165, 1.54) is 0 Å². The summed E-state index contributed by atoms with van der Waals surface area (Å²) in [4.78, 5) is 22.7. The molecule has 1 aliphatic rings. The summed E-state index contributed by atoms with van der Waals surface area (Å²) in [5, 5.41) is 11.6. The number of hydrogen-bond donors (Lipinski definition) is 2. The van der Waals surface area contributed by atoms with Gasteiger partial charge in [-0.05, 0) is 25.7 Å². The SMILES string of the molecule is C=CCCC[C@H](NC(=O)[C@@H]1CCOC1)C(=O)O. The largest absolute Gasteiger partial charge is 0.480 e. The predicted octanol–water partition coefficient (Wildman–Crippen LogP) is 0.949. The van der Waals surface area contributed by atoms with Crippen molar-refractivity contribution in [1.29, 1.82) is 0 Å². The Morgan fingerprint density at radius 3 is 2.88 bits per heavy atom. The number of unbranched alkanes of at least 4 members (excludes halogenated alkanes) is 1. The van der Waals surface area contributed by atoms with Gasteiger partial charge in [0.15, 0.2) is 0 Å². The summed E-state index contributed by atoms with van der Waals surface area (Å²) in [6.45, 7) is 4.54. The molecule has 5 heteroatoms. The summed E-state index contributed by atoms with van der Waals surface area (Å²) >= 11 is 0. The van der Waals surface area contributed by atoms with E-state index in [1.807, 2.05) is 0 Å². The maximum absolute atomic E-state index is 11.7. The number of amides is 1. The van der Waals surface area contributed by atoms with Crippen molar-refractivity contribution in [1.82, 2.24) is 5.32 Å². The van der Waals surface area contributed by atoms with Crippen molar-refractivity contribution in [3.05, 3.63) is 12.7 Å². The molecule has 1 aliphatic heterocycles. The van der Waals surface area contributed by atoms with Crippen LogP contribution in [-0.2, 0) is 14.3 Å². The topological polar surface area (TPSA) is 75.6 Å². The normalized spacial score (nSPS) is 20.8. The van der Waals surface area contributed by atoms with Crippen LogP contribution in [0.25, 0.3) is 0 Å². The van der Waals surface area contributed by atoms with E-state index in [0.29, 0.717) is 32.5 Å². The average Bonchev–Trinajstić information content (AvgIpc) is 2.81. The van der Waals surface area contributed by atoms with Gasteiger partial charge in [-0.15, -0.1) is 6.58 Å². The maximum atomic E-state index is 11.7. The molecule has 0 aromatic rings. The number of carboxylic acids is 1. The summed E-state index contributed by atoms with van der Waals surface area (Å²) in [5.41, 5.74) is 0. The quantitative estimate of drug-likeness (QED) is 0.514. The molecule has 2 N–H and O–H groups in total. The molecule has 96 valence electrons. The molecule has 0 spiro atoms. The summed E-state index contributed by atoms with van der Waals surface area (Å²) in [5.74, 6) is -1.40. The Morgan fingerprint density at radius 2 is 2.35 bits per heavy atom. The summed E-state index contributed by atoms with van der Waals surface area (Å²) in [7, 11) is 0. The smallest absolute Gasteiger partial charge is 0.326 e. The third-order valence-corrected chi connectivity index (χ3v) is 2.82. The highest BCUT2D eigenvalue weighted by Gasteiger charge is 2.27. The number of hydrogen-bond acceptors (Lipinski definition) is 3. The molecule has 0 unspecified atom stereocenters. The van der Waals surface area contributed by atoms with Gasteiger partial charge in [0.2, 0.25) is 5.91 Å². The molecule has 1 amide bonds. The number of rotatable bonds is 7. The molecule has 1 fully saturated rings. The molecule has 1 heterocycles. The van der Waals surface area contributed by atoms with Crippen molar-refractivity contribution in [2.24, 2.45) is 5.92 Å². The van der Waals surface area contributed by atoms with Gasteiger partial charge in [-0.3, -0.25) is 4.79 Å². The fourth-order valence-corrected chi connectivity index (χ4v) is 1.75. The highest BCUT2D eigenvalue weighted by molar-refractivity contribution is 5.85. The first-order chi connectivity index (χ1) is 8.15. The van der Waals surface area contributed by atoms with Crippen LogP contribution in [0.5, 0.6) is 0 Å². The molecule has 2 atom stereocenters. The van der Waals surface area contributed by atoms with Gasteiger partial charge in [0.25, 0.3) is 0 Å². The molecule has 0 bridgehead atoms. The van der Waals surface area contributed by atoms with E-state index >= 15 is 0 Å². The standard InChI is InChI=1S/C12H19NO4/c1-2-3-4-5-10(12(15)16)13-11(14)9-6-7-17-8-9/h2,9-10H,1,3-8H2,(H,13,14)(H,15,16)/t9-,10+/m1/s1. The Morgan fingerprint density at radius 1 is 1.59 bits per heavy atom. The minimum absolute atomic E-state index is 0.198. The van der Waals surface area contributed by atoms with E-state index < -0.39 is 12.0 Å². The van der Waals surface area contributed by atoms with Gasteiger partial charge in [-0.1, -0.05) is 6.08 Å². The van der Waals surface area contributed by atoms with Crippen molar-refractivity contribution in [2.45, 2.75) is 31.7 Å². The lowest BCUT2D eigenvalue weighted by Gasteiger charge is -2.16. The Labute approximate surface area is 101 Å². The Balaban J connectivity index is 2.39. The number of carboxylic acid groups (broad SMARTS) is 1. The Hall–Kier alpha value is -1.36. The number of allylic oxidation sites excluding steroid dienone is 1. The Bertz CT molecular complexity index is 284. The van der Waals surface area contributed by atoms with Crippen LogP contribution in [-0.4, -0.2) is 36.2 Å². The first-order valence-corrected chi connectivity index (χ1v) is 5.87. The molecule has 1 saturated heterocycles. The van der Waals surface area contributed by atoms with Gasteiger partial charge in [0.05, 0.1) is 12.5 Å². The lowest BCUT2D eigenvalue weighted by atomic mass is 10.1. The van der Waals surface area contributed by atoms with Gasteiger partial charge in [0, 0.05) is 6.61 Å². The lowest BCUT2D eigenvalue weighted by molar-refractivity contribution is -0.142. The van der Waals surface area contributed by atoms with E-state index in [1.54, 1.807) is 6.08 Å². The van der Waals surface area contributed by atoms with Crippen LogP contribution < -0.4 is 5.32 Å². The molecule has 0 aromatic heterocycles. The van der Waals surface area contributed by atoms with Crippen LogP contribution in [0.15, 0.2) is 12.7 Å². The zero-order valence-electron chi connectivity index (χ0n) is 9.85. The van der Waals surface area contributed by atoms with Crippen molar-refractivity contribution in [3.8, 4) is 0 Å². The molecule has 5 nitrogen and oxygen atoms in total. The van der Waals surface area contributed by atoms with Gasteiger partial charge in [-0.25, -0.2) is 4.79 Å². The summed E-state index contributed by atoms with van der Waals surface area (Å²) in [6.07, 6.45) is 4.31. The second-order valence-corrected chi connectivity index (χ2v) is 4.18. The van der Waals surface area contributed by atoms with E-state index in [0.717, 1.165) is 6.42 Å². The first kappa shape index (κ1) is 13.7. The fourth-order valence-electron chi connectivity index (χ4n) is 1.75. The van der Waals surface area contributed by atoms with Gasteiger partial charge in [-0.2, -0.15) is 0 Å². The number of ether oxygens (including phenoxy) is 1. The first-order valence-electron chi connectivity index (χ1n) is 5.87. The van der Waals surface area contributed by atoms with Gasteiger partial charge >= 0.3 is 5.97 Å². The third-order valence-electron chi connectivity index (χ3n) is 2.82. The van der Waals surface area contributed by atoms with Crippen LogP contribution in [0, 0.1) is 5.92 Å². The van der Waals surface area contributed by atoms with Crippen molar-refractivity contribution in [2.75, 3.05) is 13.2 Å². The molecule has 0 radical (unpaired) electrons. The van der Waals surface area contributed by atoms with E-state index in [2.05, 4.69) is 11.9 Å². The average molecular weight is 241 g/mol. The molecule has 0 aromatic carbocycles. The Kier molecular flexibility index (Phi) is 5.69. The van der Waals surface area contributed by atoms with Crippen molar-refractivity contribution < 1.29 is 19.4 Å². The molecule has 17 heavy (non-hydrogen) atoms.